The maximum absolute atomic E-state index is 12.3. The van der Waals surface area contributed by atoms with Crippen LogP contribution in [-0.2, 0) is 4.79 Å². The van der Waals surface area contributed by atoms with E-state index in [0.717, 1.165) is 24.1 Å². The largest absolute Gasteiger partial charge is 0.337 e. The summed E-state index contributed by atoms with van der Waals surface area (Å²) < 4.78 is 1.07. The van der Waals surface area contributed by atoms with Gasteiger partial charge in [0.05, 0.1) is 0 Å². The normalized spacial score (nSPS) is 21.2. The third-order valence-corrected chi connectivity index (χ3v) is 4.27. The fraction of sp³-hybridized carbons (Fsp3) is 0.533. The zero-order valence-electron chi connectivity index (χ0n) is 11.5. The molecule has 1 aromatic carbocycles. The van der Waals surface area contributed by atoms with E-state index in [1.54, 1.807) is 0 Å². The Hall–Kier alpha value is -0.870. The highest BCUT2D eigenvalue weighted by Gasteiger charge is 2.24. The van der Waals surface area contributed by atoms with Crippen molar-refractivity contribution in [3.63, 3.8) is 0 Å². The molecule has 104 valence electrons. The van der Waals surface area contributed by atoms with E-state index in [1.165, 1.54) is 5.56 Å². The first-order chi connectivity index (χ1) is 9.08. The Morgan fingerprint density at radius 3 is 2.79 bits per heavy atom. The highest BCUT2D eigenvalue weighted by molar-refractivity contribution is 9.10. The third kappa shape index (κ3) is 3.80. The summed E-state index contributed by atoms with van der Waals surface area (Å²) in [5, 5.41) is 3.31. The van der Waals surface area contributed by atoms with E-state index in [2.05, 4.69) is 47.2 Å². The van der Waals surface area contributed by atoms with Crippen LogP contribution in [0.15, 0.2) is 28.7 Å². The second-order valence-electron chi connectivity index (χ2n) is 5.30. The van der Waals surface area contributed by atoms with Crippen molar-refractivity contribution in [3.8, 4) is 0 Å². The van der Waals surface area contributed by atoms with Crippen molar-refractivity contribution in [2.24, 2.45) is 0 Å². The van der Waals surface area contributed by atoms with Crippen molar-refractivity contribution in [2.75, 3.05) is 19.6 Å². The van der Waals surface area contributed by atoms with Crippen LogP contribution in [0.3, 0.4) is 0 Å². The van der Waals surface area contributed by atoms with Crippen LogP contribution < -0.4 is 5.32 Å². The molecule has 1 fully saturated rings. The molecular weight excluding hydrogens is 304 g/mol. The van der Waals surface area contributed by atoms with Gasteiger partial charge in [0.25, 0.3) is 0 Å². The van der Waals surface area contributed by atoms with Crippen LogP contribution in [0.2, 0.25) is 0 Å². The first-order valence-electron chi connectivity index (χ1n) is 6.83. The van der Waals surface area contributed by atoms with Crippen LogP contribution in [0.25, 0.3) is 0 Å². The molecule has 3 nitrogen and oxygen atoms in total. The lowest BCUT2D eigenvalue weighted by molar-refractivity contribution is -0.134. The average Bonchev–Trinajstić information content (AvgIpc) is 2.39. The minimum atomic E-state index is 0.266. The first kappa shape index (κ1) is 14.5. The molecule has 0 aliphatic carbocycles. The van der Waals surface area contributed by atoms with Crippen LogP contribution in [-0.4, -0.2) is 36.5 Å². The van der Waals surface area contributed by atoms with Crippen molar-refractivity contribution in [1.82, 2.24) is 10.2 Å². The van der Waals surface area contributed by atoms with Crippen LogP contribution in [0.5, 0.6) is 0 Å². The summed E-state index contributed by atoms with van der Waals surface area (Å²) in [6, 6.07) is 8.54. The van der Waals surface area contributed by atoms with E-state index in [4.69, 9.17) is 0 Å². The summed E-state index contributed by atoms with van der Waals surface area (Å²) in [4.78, 5) is 14.4. The number of nitrogens with zero attached hydrogens (tertiary/aromatic N) is 1. The van der Waals surface area contributed by atoms with E-state index in [0.29, 0.717) is 12.5 Å². The van der Waals surface area contributed by atoms with Crippen molar-refractivity contribution >= 4 is 21.8 Å². The summed E-state index contributed by atoms with van der Waals surface area (Å²) in [7, 11) is 0. The van der Waals surface area contributed by atoms with Gasteiger partial charge in [0.1, 0.15) is 0 Å². The fourth-order valence-electron chi connectivity index (χ4n) is 2.50. The van der Waals surface area contributed by atoms with Crippen LogP contribution in [0, 0.1) is 0 Å². The Kier molecular flexibility index (Phi) is 4.99. The standard InChI is InChI=1S/C15H21BrN2O/c1-11(13-3-5-14(16)6-4-13)9-15(19)18-8-7-17-10-12(18)2/h3-6,11-12,17H,7-10H2,1-2H3/t11?,12-/m1/s1. The van der Waals surface area contributed by atoms with Gasteiger partial charge in [-0.25, -0.2) is 0 Å². The molecule has 1 aliphatic rings. The summed E-state index contributed by atoms with van der Waals surface area (Å²) in [5.41, 5.74) is 1.22. The molecule has 2 rings (SSSR count). The number of benzene rings is 1. The molecule has 1 saturated heterocycles. The zero-order valence-corrected chi connectivity index (χ0v) is 13.1. The molecule has 19 heavy (non-hydrogen) atoms. The first-order valence-corrected chi connectivity index (χ1v) is 7.63. The molecule has 0 radical (unpaired) electrons. The zero-order chi connectivity index (χ0) is 13.8. The highest BCUT2D eigenvalue weighted by atomic mass is 79.9. The highest BCUT2D eigenvalue weighted by Crippen LogP contribution is 2.22. The van der Waals surface area contributed by atoms with E-state index < -0.39 is 0 Å². The Bertz CT molecular complexity index is 432. The lowest BCUT2D eigenvalue weighted by Gasteiger charge is -2.34. The van der Waals surface area contributed by atoms with Crippen molar-refractivity contribution in [3.05, 3.63) is 34.3 Å². The van der Waals surface area contributed by atoms with Gasteiger partial charge in [-0.05, 0) is 30.5 Å². The molecule has 1 heterocycles. The SMILES string of the molecule is CC(CC(=O)N1CCNC[C@H]1C)c1ccc(Br)cc1. The van der Waals surface area contributed by atoms with E-state index in [1.807, 2.05) is 17.0 Å². The van der Waals surface area contributed by atoms with Gasteiger partial charge in [-0.2, -0.15) is 0 Å². The quantitative estimate of drug-likeness (QED) is 0.927. The number of amides is 1. The molecular formula is C15H21BrN2O. The Morgan fingerprint density at radius 2 is 2.16 bits per heavy atom. The molecule has 0 saturated carbocycles. The monoisotopic (exact) mass is 324 g/mol. The van der Waals surface area contributed by atoms with Gasteiger partial charge in [-0.1, -0.05) is 35.0 Å². The molecule has 0 aromatic heterocycles. The lowest BCUT2D eigenvalue weighted by atomic mass is 9.97. The number of piperazine rings is 1. The number of hydrogen-bond acceptors (Lipinski definition) is 2. The number of carbonyl (C=O) groups is 1. The summed E-state index contributed by atoms with van der Waals surface area (Å²) in [6.45, 7) is 6.86. The van der Waals surface area contributed by atoms with Gasteiger partial charge in [0.15, 0.2) is 0 Å². The number of nitrogens with one attached hydrogen (secondary N) is 1. The van der Waals surface area contributed by atoms with E-state index in [9.17, 15) is 4.79 Å². The van der Waals surface area contributed by atoms with Crippen molar-refractivity contribution < 1.29 is 4.79 Å². The number of hydrogen-bond donors (Lipinski definition) is 1. The molecule has 0 bridgehead atoms. The second-order valence-corrected chi connectivity index (χ2v) is 6.21. The van der Waals surface area contributed by atoms with Crippen molar-refractivity contribution in [1.29, 1.82) is 0 Å². The molecule has 1 N–H and O–H groups in total. The second kappa shape index (κ2) is 6.53. The van der Waals surface area contributed by atoms with Crippen LogP contribution in [0.1, 0.15) is 31.7 Å². The number of rotatable bonds is 3. The fourth-order valence-corrected chi connectivity index (χ4v) is 2.76. The Morgan fingerprint density at radius 1 is 1.47 bits per heavy atom. The van der Waals surface area contributed by atoms with Gasteiger partial charge in [0, 0.05) is 36.6 Å². The molecule has 4 heteroatoms. The van der Waals surface area contributed by atoms with Gasteiger partial charge in [0.2, 0.25) is 5.91 Å². The van der Waals surface area contributed by atoms with E-state index in [-0.39, 0.29) is 11.8 Å². The number of halogens is 1. The summed E-state index contributed by atoms with van der Waals surface area (Å²) in [6.07, 6.45) is 0.589. The predicted molar refractivity (Wildman–Crippen MR) is 81.2 cm³/mol. The van der Waals surface area contributed by atoms with Gasteiger partial charge in [-0.15, -0.1) is 0 Å². The molecule has 1 aliphatic heterocycles. The molecule has 1 aromatic rings. The smallest absolute Gasteiger partial charge is 0.223 e. The topological polar surface area (TPSA) is 32.3 Å². The van der Waals surface area contributed by atoms with Gasteiger partial charge >= 0.3 is 0 Å². The minimum absolute atomic E-state index is 0.266. The van der Waals surface area contributed by atoms with E-state index >= 15 is 0 Å². The van der Waals surface area contributed by atoms with Crippen LogP contribution >= 0.6 is 15.9 Å². The molecule has 0 spiro atoms. The van der Waals surface area contributed by atoms with Gasteiger partial charge < -0.3 is 10.2 Å². The van der Waals surface area contributed by atoms with Crippen molar-refractivity contribution in [2.45, 2.75) is 32.2 Å². The summed E-state index contributed by atoms with van der Waals surface area (Å²) >= 11 is 3.43. The lowest BCUT2D eigenvalue weighted by Crippen LogP contribution is -2.52. The minimum Gasteiger partial charge on any atom is -0.337 e. The Balaban J connectivity index is 1.96. The maximum atomic E-state index is 12.3. The van der Waals surface area contributed by atoms with Crippen LogP contribution in [0.4, 0.5) is 0 Å². The molecule has 1 amide bonds. The van der Waals surface area contributed by atoms with Gasteiger partial charge in [-0.3, -0.25) is 4.79 Å². The molecule has 2 atom stereocenters. The predicted octanol–water partition coefficient (Wildman–Crippen LogP) is 2.76. The maximum Gasteiger partial charge on any atom is 0.223 e. The molecule has 1 unspecified atom stereocenters. The number of carbonyl (C=O) groups excluding carboxylic acids is 1. The average molecular weight is 325 g/mol. The Labute approximate surface area is 123 Å². The summed E-state index contributed by atoms with van der Waals surface area (Å²) in [5.74, 6) is 0.534. The third-order valence-electron chi connectivity index (χ3n) is 3.74.